The fourth-order valence-corrected chi connectivity index (χ4v) is 2.73. The topological polar surface area (TPSA) is 56.1 Å². The van der Waals surface area contributed by atoms with Gasteiger partial charge < -0.3 is 10.1 Å². The number of nitrogens with one attached hydrogen (secondary N) is 1. The average molecular weight is 335 g/mol. The quantitative estimate of drug-likeness (QED) is 0.753. The number of hydrogen-bond acceptors (Lipinski definition) is 3. The average Bonchev–Trinajstić information content (AvgIpc) is 3.04. The lowest BCUT2D eigenvalue weighted by atomic mass is 10.1. The molecule has 0 spiro atoms. The molecule has 0 aliphatic heterocycles. The van der Waals surface area contributed by atoms with E-state index in [4.69, 9.17) is 4.74 Å². The molecule has 1 amide bonds. The Morgan fingerprint density at radius 1 is 1.12 bits per heavy atom. The maximum absolute atomic E-state index is 12.4. The molecule has 0 saturated heterocycles. The van der Waals surface area contributed by atoms with Crippen LogP contribution in [0.5, 0.6) is 5.75 Å². The van der Waals surface area contributed by atoms with E-state index >= 15 is 0 Å². The Morgan fingerprint density at radius 3 is 2.60 bits per heavy atom. The molecular formula is C20H21N3O2. The van der Waals surface area contributed by atoms with E-state index in [1.54, 1.807) is 17.9 Å². The SMILES string of the molecule is COc1ccccc1CCNC(=O)c1cc(C)n(-c2ccccc2)n1. The molecule has 25 heavy (non-hydrogen) atoms. The minimum absolute atomic E-state index is 0.173. The lowest BCUT2D eigenvalue weighted by Crippen LogP contribution is -2.26. The summed E-state index contributed by atoms with van der Waals surface area (Å²) in [6, 6.07) is 19.4. The van der Waals surface area contributed by atoms with Crippen LogP contribution in [0.2, 0.25) is 0 Å². The van der Waals surface area contributed by atoms with Gasteiger partial charge in [0.05, 0.1) is 12.8 Å². The fourth-order valence-electron chi connectivity index (χ4n) is 2.73. The van der Waals surface area contributed by atoms with Gasteiger partial charge in [-0.1, -0.05) is 36.4 Å². The summed E-state index contributed by atoms with van der Waals surface area (Å²) < 4.78 is 7.10. The number of rotatable bonds is 6. The van der Waals surface area contributed by atoms with Crippen LogP contribution >= 0.6 is 0 Å². The maximum atomic E-state index is 12.4. The molecule has 0 fully saturated rings. The van der Waals surface area contributed by atoms with Gasteiger partial charge in [0.25, 0.3) is 5.91 Å². The molecule has 0 aliphatic rings. The van der Waals surface area contributed by atoms with E-state index in [-0.39, 0.29) is 5.91 Å². The van der Waals surface area contributed by atoms with Gasteiger partial charge >= 0.3 is 0 Å². The number of methoxy groups -OCH3 is 1. The van der Waals surface area contributed by atoms with Gasteiger partial charge in [0, 0.05) is 12.2 Å². The first-order chi connectivity index (χ1) is 12.2. The number of aromatic nitrogens is 2. The smallest absolute Gasteiger partial charge is 0.271 e. The summed E-state index contributed by atoms with van der Waals surface area (Å²) in [6.07, 6.45) is 0.703. The molecule has 5 heteroatoms. The summed E-state index contributed by atoms with van der Waals surface area (Å²) in [7, 11) is 1.65. The van der Waals surface area contributed by atoms with Gasteiger partial charge in [-0.3, -0.25) is 4.79 Å². The van der Waals surface area contributed by atoms with Crippen molar-refractivity contribution < 1.29 is 9.53 Å². The second-order valence-corrected chi connectivity index (χ2v) is 5.74. The molecule has 3 aromatic rings. The predicted molar refractivity (Wildman–Crippen MR) is 97.3 cm³/mol. The molecule has 0 bridgehead atoms. The number of benzene rings is 2. The summed E-state index contributed by atoms with van der Waals surface area (Å²) in [4.78, 5) is 12.4. The van der Waals surface area contributed by atoms with Gasteiger partial charge in [-0.2, -0.15) is 5.10 Å². The molecule has 3 rings (SSSR count). The molecule has 0 atom stereocenters. The van der Waals surface area contributed by atoms with Gasteiger partial charge in [-0.15, -0.1) is 0 Å². The third-order valence-corrected chi connectivity index (χ3v) is 3.99. The van der Waals surface area contributed by atoms with Crippen molar-refractivity contribution >= 4 is 5.91 Å². The lowest BCUT2D eigenvalue weighted by Gasteiger charge is -2.08. The molecule has 1 aromatic heterocycles. The molecular weight excluding hydrogens is 314 g/mol. The van der Waals surface area contributed by atoms with Crippen LogP contribution in [0.1, 0.15) is 21.7 Å². The van der Waals surface area contributed by atoms with Crippen molar-refractivity contribution in [3.05, 3.63) is 77.6 Å². The highest BCUT2D eigenvalue weighted by Crippen LogP contribution is 2.17. The van der Waals surface area contributed by atoms with Crippen LogP contribution < -0.4 is 10.1 Å². The summed E-state index contributed by atoms with van der Waals surface area (Å²) in [5.41, 5.74) is 3.34. The zero-order valence-corrected chi connectivity index (χ0v) is 14.4. The van der Waals surface area contributed by atoms with Crippen molar-refractivity contribution in [1.29, 1.82) is 0 Å². The van der Waals surface area contributed by atoms with Crippen LogP contribution in [0.25, 0.3) is 5.69 Å². The highest BCUT2D eigenvalue weighted by molar-refractivity contribution is 5.92. The minimum Gasteiger partial charge on any atom is -0.496 e. The Labute approximate surface area is 147 Å². The van der Waals surface area contributed by atoms with Crippen molar-refractivity contribution in [2.75, 3.05) is 13.7 Å². The molecule has 0 saturated carbocycles. The van der Waals surface area contributed by atoms with E-state index in [0.29, 0.717) is 18.7 Å². The number of carbonyl (C=O) groups excluding carboxylic acids is 1. The number of aryl methyl sites for hydroxylation is 1. The zero-order chi connectivity index (χ0) is 17.6. The van der Waals surface area contributed by atoms with Crippen LogP contribution in [0, 0.1) is 6.92 Å². The second-order valence-electron chi connectivity index (χ2n) is 5.74. The van der Waals surface area contributed by atoms with Gasteiger partial charge in [-0.05, 0) is 43.2 Å². The van der Waals surface area contributed by atoms with Gasteiger partial charge in [0.2, 0.25) is 0 Å². The number of nitrogens with zero attached hydrogens (tertiary/aromatic N) is 2. The van der Waals surface area contributed by atoms with E-state index in [2.05, 4.69) is 10.4 Å². The number of para-hydroxylation sites is 2. The Morgan fingerprint density at radius 2 is 1.84 bits per heavy atom. The Hall–Kier alpha value is -3.08. The summed E-state index contributed by atoms with van der Waals surface area (Å²) >= 11 is 0. The number of hydrogen-bond donors (Lipinski definition) is 1. The summed E-state index contributed by atoms with van der Waals surface area (Å²) in [6.45, 7) is 2.46. The van der Waals surface area contributed by atoms with Crippen molar-refractivity contribution in [3.8, 4) is 11.4 Å². The van der Waals surface area contributed by atoms with Crippen molar-refractivity contribution in [1.82, 2.24) is 15.1 Å². The van der Waals surface area contributed by atoms with E-state index < -0.39 is 0 Å². The zero-order valence-electron chi connectivity index (χ0n) is 14.4. The molecule has 2 aromatic carbocycles. The monoisotopic (exact) mass is 335 g/mol. The van der Waals surface area contributed by atoms with E-state index in [9.17, 15) is 4.79 Å². The second kappa shape index (κ2) is 7.66. The van der Waals surface area contributed by atoms with E-state index in [0.717, 1.165) is 22.7 Å². The number of amides is 1. The van der Waals surface area contributed by atoms with Crippen molar-refractivity contribution in [2.24, 2.45) is 0 Å². The largest absolute Gasteiger partial charge is 0.496 e. The van der Waals surface area contributed by atoms with Gasteiger partial charge in [-0.25, -0.2) is 4.68 Å². The third-order valence-electron chi connectivity index (χ3n) is 3.99. The summed E-state index contributed by atoms with van der Waals surface area (Å²) in [5.74, 6) is 0.661. The standard InChI is InChI=1S/C20H21N3O2/c1-15-14-18(22-23(15)17-9-4-3-5-10-17)20(24)21-13-12-16-8-6-7-11-19(16)25-2/h3-11,14H,12-13H2,1-2H3,(H,21,24). The maximum Gasteiger partial charge on any atom is 0.271 e. The van der Waals surface area contributed by atoms with Crippen LogP contribution in [0.3, 0.4) is 0 Å². The highest BCUT2D eigenvalue weighted by atomic mass is 16.5. The van der Waals surface area contributed by atoms with Crippen LogP contribution in [-0.2, 0) is 6.42 Å². The van der Waals surface area contributed by atoms with Gasteiger partial charge in [0.15, 0.2) is 5.69 Å². The first kappa shape index (κ1) is 16.8. The van der Waals surface area contributed by atoms with Crippen molar-refractivity contribution in [3.63, 3.8) is 0 Å². The first-order valence-electron chi connectivity index (χ1n) is 8.21. The van der Waals surface area contributed by atoms with Crippen LogP contribution in [0.15, 0.2) is 60.7 Å². The Bertz CT molecular complexity index is 856. The molecule has 128 valence electrons. The van der Waals surface area contributed by atoms with Crippen molar-refractivity contribution in [2.45, 2.75) is 13.3 Å². The molecule has 1 heterocycles. The summed E-state index contributed by atoms with van der Waals surface area (Å²) in [5, 5.41) is 7.34. The fraction of sp³-hybridized carbons (Fsp3) is 0.200. The molecule has 1 N–H and O–H groups in total. The van der Waals surface area contributed by atoms with Crippen LogP contribution in [0.4, 0.5) is 0 Å². The first-order valence-corrected chi connectivity index (χ1v) is 8.21. The number of carbonyl (C=O) groups is 1. The van der Waals surface area contributed by atoms with Gasteiger partial charge in [0.1, 0.15) is 5.75 Å². The van der Waals surface area contributed by atoms with E-state index in [1.165, 1.54) is 0 Å². The van der Waals surface area contributed by atoms with Crippen LogP contribution in [-0.4, -0.2) is 29.3 Å². The van der Waals surface area contributed by atoms with E-state index in [1.807, 2.05) is 61.5 Å². The number of ether oxygens (including phenoxy) is 1. The molecule has 0 radical (unpaired) electrons. The molecule has 0 unspecified atom stereocenters. The predicted octanol–water partition coefficient (Wildman–Crippen LogP) is 3.16. The molecule has 0 aliphatic carbocycles. The lowest BCUT2D eigenvalue weighted by molar-refractivity contribution is 0.0948. The molecule has 5 nitrogen and oxygen atoms in total. The Kier molecular flexibility index (Phi) is 5.14. The highest BCUT2D eigenvalue weighted by Gasteiger charge is 2.13. The Balaban J connectivity index is 1.64. The minimum atomic E-state index is -0.173. The normalized spacial score (nSPS) is 10.5. The third kappa shape index (κ3) is 3.88.